The number of halogens is 1. The van der Waals surface area contributed by atoms with E-state index in [9.17, 15) is 4.79 Å². The molecule has 0 spiro atoms. The van der Waals surface area contributed by atoms with Gasteiger partial charge in [0.25, 0.3) is 0 Å². The van der Waals surface area contributed by atoms with Gasteiger partial charge in [-0.3, -0.25) is 4.79 Å². The number of benzene rings is 1. The van der Waals surface area contributed by atoms with Crippen LogP contribution in [0.2, 0.25) is 0 Å². The summed E-state index contributed by atoms with van der Waals surface area (Å²) in [6.45, 7) is 4.04. The summed E-state index contributed by atoms with van der Waals surface area (Å²) in [7, 11) is 0. The van der Waals surface area contributed by atoms with Crippen LogP contribution >= 0.6 is 15.9 Å². The van der Waals surface area contributed by atoms with Gasteiger partial charge in [-0.2, -0.15) is 4.98 Å². The van der Waals surface area contributed by atoms with Gasteiger partial charge in [0.2, 0.25) is 5.89 Å². The van der Waals surface area contributed by atoms with Gasteiger partial charge in [-0.15, -0.1) is 0 Å². The molecule has 2 aromatic rings. The number of hydrogen-bond donors (Lipinski definition) is 0. The second-order valence-electron chi connectivity index (χ2n) is 5.19. The molecule has 1 aromatic carbocycles. The minimum Gasteiger partial charge on any atom is -0.339 e. The fourth-order valence-electron chi connectivity index (χ4n) is 1.94. The number of ketones is 1. The largest absolute Gasteiger partial charge is 0.339 e. The second kappa shape index (κ2) is 6.79. The Morgan fingerprint density at radius 3 is 2.80 bits per heavy atom. The maximum Gasteiger partial charge on any atom is 0.234 e. The van der Waals surface area contributed by atoms with Crippen LogP contribution in [0.5, 0.6) is 0 Å². The Morgan fingerprint density at radius 1 is 1.35 bits per heavy atom. The molecule has 1 aromatic heterocycles. The van der Waals surface area contributed by atoms with E-state index >= 15 is 0 Å². The normalized spacial score (nSPS) is 11.0. The van der Waals surface area contributed by atoms with E-state index in [1.54, 1.807) is 0 Å². The Bertz CT molecular complexity index is 593. The van der Waals surface area contributed by atoms with E-state index in [1.807, 2.05) is 38.1 Å². The molecule has 106 valence electrons. The van der Waals surface area contributed by atoms with Gasteiger partial charge in [-0.05, 0) is 17.5 Å². The summed E-state index contributed by atoms with van der Waals surface area (Å²) < 4.78 is 6.15. The monoisotopic (exact) mass is 336 g/mol. The molecule has 0 fully saturated rings. The van der Waals surface area contributed by atoms with Crippen LogP contribution in [0.4, 0.5) is 0 Å². The summed E-state index contributed by atoms with van der Waals surface area (Å²) in [5.74, 6) is 1.49. The lowest BCUT2D eigenvalue weighted by Crippen LogP contribution is -2.06. The average Bonchev–Trinajstić information content (AvgIpc) is 2.78. The molecular weight excluding hydrogens is 320 g/mol. The topological polar surface area (TPSA) is 56.0 Å². The number of Topliss-reactive ketones (excluding diaryl/α,β-unsaturated/α-hetero) is 1. The Morgan fingerprint density at radius 2 is 2.10 bits per heavy atom. The third-order valence-corrected chi connectivity index (χ3v) is 3.57. The van der Waals surface area contributed by atoms with Gasteiger partial charge < -0.3 is 4.52 Å². The quantitative estimate of drug-likeness (QED) is 0.808. The van der Waals surface area contributed by atoms with Crippen LogP contribution in [-0.4, -0.2) is 15.9 Å². The Labute approximate surface area is 126 Å². The molecule has 0 unspecified atom stereocenters. The minimum atomic E-state index is 0.135. The van der Waals surface area contributed by atoms with Gasteiger partial charge in [-0.1, -0.05) is 53.1 Å². The van der Waals surface area contributed by atoms with Crippen LogP contribution in [0.3, 0.4) is 0 Å². The smallest absolute Gasteiger partial charge is 0.234 e. The summed E-state index contributed by atoms with van der Waals surface area (Å²) >= 11 is 3.49. The van der Waals surface area contributed by atoms with Crippen LogP contribution in [-0.2, 0) is 17.6 Å². The molecule has 0 aliphatic heterocycles. The summed E-state index contributed by atoms with van der Waals surface area (Å²) in [4.78, 5) is 16.0. The first-order chi connectivity index (χ1) is 9.54. The van der Waals surface area contributed by atoms with Crippen molar-refractivity contribution in [2.24, 2.45) is 5.92 Å². The number of rotatable bonds is 6. The first kappa shape index (κ1) is 14.9. The predicted octanol–water partition coefficient (Wildman–Crippen LogP) is 3.58. The standard InChI is InChI=1S/C15H17BrN2O2/c1-10(2)7-12(19)9-15-17-14(18-20-15)8-11-5-3-4-6-13(11)16/h3-6,10H,7-9H2,1-2H3. The Balaban J connectivity index is 1.99. The van der Waals surface area contributed by atoms with E-state index < -0.39 is 0 Å². The molecule has 0 saturated carbocycles. The molecule has 0 aliphatic carbocycles. The number of carbonyl (C=O) groups excluding carboxylic acids is 1. The zero-order valence-electron chi connectivity index (χ0n) is 11.6. The number of carbonyl (C=O) groups is 1. The van der Waals surface area contributed by atoms with Crippen LogP contribution in [0.1, 0.15) is 37.5 Å². The van der Waals surface area contributed by atoms with Crippen molar-refractivity contribution in [1.29, 1.82) is 0 Å². The van der Waals surface area contributed by atoms with E-state index in [0.717, 1.165) is 10.0 Å². The second-order valence-corrected chi connectivity index (χ2v) is 6.04. The molecule has 0 bridgehead atoms. The van der Waals surface area contributed by atoms with Crippen LogP contribution in [0.15, 0.2) is 33.3 Å². The van der Waals surface area contributed by atoms with Crippen LogP contribution < -0.4 is 0 Å². The highest BCUT2D eigenvalue weighted by Gasteiger charge is 2.13. The zero-order chi connectivity index (χ0) is 14.5. The van der Waals surface area contributed by atoms with Crippen LogP contribution in [0.25, 0.3) is 0 Å². The molecule has 0 N–H and O–H groups in total. The van der Waals surface area contributed by atoms with Gasteiger partial charge in [0.05, 0.1) is 6.42 Å². The highest BCUT2D eigenvalue weighted by molar-refractivity contribution is 9.10. The summed E-state index contributed by atoms with van der Waals surface area (Å²) in [6.07, 6.45) is 1.35. The molecule has 1 heterocycles. The van der Waals surface area contributed by atoms with E-state index in [1.165, 1.54) is 0 Å². The maximum absolute atomic E-state index is 11.7. The van der Waals surface area contributed by atoms with Gasteiger partial charge in [0, 0.05) is 17.3 Å². The Kier molecular flexibility index (Phi) is 5.06. The third-order valence-electron chi connectivity index (χ3n) is 2.80. The van der Waals surface area contributed by atoms with Crippen molar-refractivity contribution in [2.75, 3.05) is 0 Å². The molecule has 0 saturated heterocycles. The molecule has 0 amide bonds. The van der Waals surface area contributed by atoms with Crippen LogP contribution in [0, 0.1) is 5.92 Å². The first-order valence-electron chi connectivity index (χ1n) is 6.61. The predicted molar refractivity (Wildman–Crippen MR) is 79.4 cm³/mol. The highest BCUT2D eigenvalue weighted by atomic mass is 79.9. The number of aromatic nitrogens is 2. The molecule has 2 rings (SSSR count). The van der Waals surface area contributed by atoms with Crippen molar-refractivity contribution >= 4 is 21.7 Å². The lowest BCUT2D eigenvalue weighted by Gasteiger charge is -2.00. The average molecular weight is 337 g/mol. The number of hydrogen-bond acceptors (Lipinski definition) is 4. The van der Waals surface area contributed by atoms with Crippen molar-refractivity contribution in [2.45, 2.75) is 33.1 Å². The van der Waals surface area contributed by atoms with Gasteiger partial charge in [0.15, 0.2) is 5.82 Å². The van der Waals surface area contributed by atoms with Crippen molar-refractivity contribution < 1.29 is 9.32 Å². The number of nitrogens with zero attached hydrogens (tertiary/aromatic N) is 2. The Hall–Kier alpha value is -1.49. The lowest BCUT2D eigenvalue weighted by molar-refractivity contribution is -0.119. The molecular formula is C15H17BrN2O2. The third kappa shape index (κ3) is 4.27. The zero-order valence-corrected chi connectivity index (χ0v) is 13.2. The van der Waals surface area contributed by atoms with Crippen molar-refractivity contribution in [3.8, 4) is 0 Å². The maximum atomic E-state index is 11.7. The molecule has 5 heteroatoms. The van der Waals surface area contributed by atoms with Crippen molar-refractivity contribution in [3.05, 3.63) is 46.0 Å². The minimum absolute atomic E-state index is 0.135. The lowest BCUT2D eigenvalue weighted by atomic mass is 10.1. The van der Waals surface area contributed by atoms with Gasteiger partial charge in [-0.25, -0.2) is 0 Å². The SMILES string of the molecule is CC(C)CC(=O)Cc1nc(Cc2ccccc2Br)no1. The van der Waals surface area contributed by atoms with Crippen molar-refractivity contribution in [1.82, 2.24) is 10.1 Å². The van der Waals surface area contributed by atoms with Gasteiger partial charge in [0.1, 0.15) is 5.78 Å². The first-order valence-corrected chi connectivity index (χ1v) is 7.40. The molecule has 20 heavy (non-hydrogen) atoms. The van der Waals surface area contributed by atoms with E-state index in [2.05, 4.69) is 26.1 Å². The van der Waals surface area contributed by atoms with E-state index in [0.29, 0.717) is 30.5 Å². The molecule has 0 aliphatic rings. The summed E-state index contributed by atoms with van der Waals surface area (Å²) in [6, 6.07) is 7.90. The fourth-order valence-corrected chi connectivity index (χ4v) is 2.37. The summed E-state index contributed by atoms with van der Waals surface area (Å²) in [5.41, 5.74) is 1.09. The fraction of sp³-hybridized carbons (Fsp3) is 0.400. The molecule has 0 radical (unpaired) electrons. The molecule has 0 atom stereocenters. The highest BCUT2D eigenvalue weighted by Crippen LogP contribution is 2.18. The van der Waals surface area contributed by atoms with Gasteiger partial charge >= 0.3 is 0 Å². The van der Waals surface area contributed by atoms with Crippen molar-refractivity contribution in [3.63, 3.8) is 0 Å². The molecule has 4 nitrogen and oxygen atoms in total. The summed E-state index contributed by atoms with van der Waals surface area (Å²) in [5, 5.41) is 3.93. The van der Waals surface area contributed by atoms with E-state index in [-0.39, 0.29) is 12.2 Å². The van der Waals surface area contributed by atoms with E-state index in [4.69, 9.17) is 4.52 Å².